The van der Waals surface area contributed by atoms with Gasteiger partial charge in [-0.05, 0) is 81.1 Å². The van der Waals surface area contributed by atoms with Gasteiger partial charge in [-0.2, -0.15) is 0 Å². The van der Waals surface area contributed by atoms with E-state index in [1.807, 2.05) is 92.9 Å². The number of ketones is 2. The van der Waals surface area contributed by atoms with Crippen LogP contribution in [0.2, 0.25) is 0 Å². The molecule has 2 saturated heterocycles. The van der Waals surface area contributed by atoms with Crippen LogP contribution in [0.3, 0.4) is 0 Å². The Morgan fingerprint density at radius 1 is 0.521 bits per heavy atom. The van der Waals surface area contributed by atoms with Crippen molar-refractivity contribution in [2.24, 2.45) is 11.8 Å². The molecule has 0 aromatic heterocycles. The number of nitrogens with zero attached hydrogens (tertiary/aromatic N) is 2. The molecule has 0 bridgehead atoms. The van der Waals surface area contributed by atoms with E-state index in [0.717, 1.165) is 12.8 Å². The Bertz CT molecular complexity index is 888. The van der Waals surface area contributed by atoms with Gasteiger partial charge in [0.15, 0.2) is 0 Å². The van der Waals surface area contributed by atoms with Gasteiger partial charge in [0, 0.05) is 50.6 Å². The maximum Gasteiger partial charge on any atom is 0.223 e. The molecule has 0 spiro atoms. The van der Waals surface area contributed by atoms with Crippen LogP contribution in [0.4, 0.5) is 0 Å². The van der Waals surface area contributed by atoms with E-state index in [-0.39, 0.29) is 83.9 Å². The van der Waals surface area contributed by atoms with Crippen LogP contribution in [0.15, 0.2) is 0 Å². The van der Waals surface area contributed by atoms with Crippen molar-refractivity contribution in [3.63, 3.8) is 0 Å². The highest BCUT2D eigenvalue weighted by atomic mass is 16.5. The topological polar surface area (TPSA) is 112 Å². The molecule has 0 saturated carbocycles. The predicted molar refractivity (Wildman–Crippen MR) is 190 cm³/mol. The van der Waals surface area contributed by atoms with Gasteiger partial charge >= 0.3 is 0 Å². The van der Waals surface area contributed by atoms with Crippen LogP contribution >= 0.6 is 0 Å². The lowest BCUT2D eigenvalue weighted by molar-refractivity contribution is -0.135. The lowest BCUT2D eigenvalue weighted by Gasteiger charge is -2.25. The molecule has 1 unspecified atom stereocenters. The fourth-order valence-electron chi connectivity index (χ4n) is 5.94. The summed E-state index contributed by atoms with van der Waals surface area (Å²) in [4.78, 5) is 52.4. The van der Waals surface area contributed by atoms with E-state index < -0.39 is 0 Å². The molecule has 2 aliphatic heterocycles. The molecule has 280 valence electrons. The minimum atomic E-state index is 0.0444. The molecule has 0 N–H and O–H groups in total. The summed E-state index contributed by atoms with van der Waals surface area (Å²) < 4.78 is 23.3. The molecule has 48 heavy (non-hydrogen) atoms. The Morgan fingerprint density at radius 2 is 0.854 bits per heavy atom. The van der Waals surface area contributed by atoms with Gasteiger partial charge < -0.3 is 28.7 Å². The van der Waals surface area contributed by atoms with Gasteiger partial charge in [-0.15, -0.1) is 0 Å². The Morgan fingerprint density at radius 3 is 1.12 bits per heavy atom. The van der Waals surface area contributed by atoms with Crippen molar-refractivity contribution in [2.75, 3.05) is 26.3 Å². The Balaban J connectivity index is 0.000000480. The van der Waals surface area contributed by atoms with E-state index in [1.54, 1.807) is 0 Å². The highest BCUT2D eigenvalue weighted by molar-refractivity contribution is 5.82. The molecule has 0 aliphatic carbocycles. The second-order valence-electron chi connectivity index (χ2n) is 15.2. The molecule has 2 aliphatic rings. The first-order valence-corrected chi connectivity index (χ1v) is 18.6. The molecule has 2 rings (SSSR count). The van der Waals surface area contributed by atoms with Crippen molar-refractivity contribution in [1.29, 1.82) is 0 Å². The first-order chi connectivity index (χ1) is 22.4. The lowest BCUT2D eigenvalue weighted by atomic mass is 10.0. The zero-order chi connectivity index (χ0) is 36.6. The van der Waals surface area contributed by atoms with Crippen molar-refractivity contribution in [1.82, 2.24) is 9.80 Å². The van der Waals surface area contributed by atoms with Crippen LogP contribution in [0.5, 0.6) is 0 Å². The number of ether oxygens (including phenoxy) is 4. The summed E-state index contributed by atoms with van der Waals surface area (Å²) in [5, 5.41) is 0. The zero-order valence-electron chi connectivity index (χ0n) is 32.4. The van der Waals surface area contributed by atoms with Crippen LogP contribution in [0, 0.1) is 11.8 Å². The van der Waals surface area contributed by atoms with Crippen molar-refractivity contribution >= 4 is 23.4 Å². The van der Waals surface area contributed by atoms with Gasteiger partial charge in [-0.1, -0.05) is 27.7 Å². The Labute approximate surface area is 292 Å². The third-order valence-corrected chi connectivity index (χ3v) is 8.48. The first kappa shape index (κ1) is 44.1. The van der Waals surface area contributed by atoms with Gasteiger partial charge in [0.1, 0.15) is 11.6 Å². The second-order valence-corrected chi connectivity index (χ2v) is 15.2. The molecule has 2 heterocycles. The number of amides is 2. The molecule has 0 aromatic carbocycles. The molecule has 10 heteroatoms. The van der Waals surface area contributed by atoms with Gasteiger partial charge in [0.25, 0.3) is 0 Å². The molecule has 0 aromatic rings. The monoisotopic (exact) mass is 683 g/mol. The summed E-state index contributed by atoms with van der Waals surface area (Å²) in [6.45, 7) is 26.0. The molecule has 2 amide bonds. The number of hydrogen-bond donors (Lipinski definition) is 0. The largest absolute Gasteiger partial charge is 0.377 e. The third-order valence-electron chi connectivity index (χ3n) is 8.48. The van der Waals surface area contributed by atoms with Gasteiger partial charge in [0.2, 0.25) is 11.8 Å². The van der Waals surface area contributed by atoms with Crippen LogP contribution in [-0.2, 0) is 38.1 Å². The maximum atomic E-state index is 12.6. The molecule has 10 nitrogen and oxygen atoms in total. The summed E-state index contributed by atoms with van der Waals surface area (Å²) >= 11 is 0. The summed E-state index contributed by atoms with van der Waals surface area (Å²) in [6, 6.07) is 0.147. The van der Waals surface area contributed by atoms with Gasteiger partial charge in [-0.25, -0.2) is 0 Å². The first-order valence-electron chi connectivity index (χ1n) is 18.6. The van der Waals surface area contributed by atoms with E-state index >= 15 is 0 Å². The lowest BCUT2D eigenvalue weighted by Crippen LogP contribution is -2.39. The van der Waals surface area contributed by atoms with Crippen molar-refractivity contribution in [2.45, 2.75) is 183 Å². The van der Waals surface area contributed by atoms with E-state index in [4.69, 9.17) is 18.9 Å². The molecule has 2 fully saturated rings. The fraction of sp³-hybridized carbons (Fsp3) is 0.895. The van der Waals surface area contributed by atoms with Crippen molar-refractivity contribution in [3.8, 4) is 0 Å². The highest BCUT2D eigenvalue weighted by Gasteiger charge is 2.37. The van der Waals surface area contributed by atoms with Gasteiger partial charge in [0.05, 0.1) is 61.9 Å². The fourth-order valence-corrected chi connectivity index (χ4v) is 5.94. The van der Waals surface area contributed by atoms with Crippen LogP contribution < -0.4 is 0 Å². The number of Topliss-reactive ketones (excluding diaryl/α,β-unsaturated/α-hetero) is 2. The van der Waals surface area contributed by atoms with Crippen LogP contribution in [-0.4, -0.2) is 108 Å². The van der Waals surface area contributed by atoms with E-state index in [1.165, 1.54) is 0 Å². The van der Waals surface area contributed by atoms with Crippen molar-refractivity contribution < 1.29 is 38.1 Å². The molecular formula is C38H70N2O8. The standard InChI is InChI=1S/2C19H35NO4/c2*1-13(2)18(21)8-7-9-19(22)20-11-17(24-15(5)6)10-16(20)12-23-14(3)4/h2*13-17H,7-12H2,1-6H3/t16?,17-;16-,17+/m10/s1. The van der Waals surface area contributed by atoms with E-state index in [2.05, 4.69) is 0 Å². The summed E-state index contributed by atoms with van der Waals surface area (Å²) in [7, 11) is 0. The predicted octanol–water partition coefficient (Wildman–Crippen LogP) is 6.40. The average Bonchev–Trinajstić information content (AvgIpc) is 3.57. The smallest absolute Gasteiger partial charge is 0.223 e. The molecule has 4 atom stereocenters. The highest BCUT2D eigenvalue weighted by Crippen LogP contribution is 2.25. The van der Waals surface area contributed by atoms with E-state index in [9.17, 15) is 19.2 Å². The number of hydrogen-bond acceptors (Lipinski definition) is 8. The summed E-state index contributed by atoms with van der Waals surface area (Å²) in [5.41, 5.74) is 0. The summed E-state index contributed by atoms with van der Waals surface area (Å²) in [6.07, 6.45) is 5.46. The number of rotatable bonds is 20. The third kappa shape index (κ3) is 17.7. The maximum absolute atomic E-state index is 12.6. The Kier molecular flexibility index (Phi) is 20.9. The Hall–Kier alpha value is -1.88. The van der Waals surface area contributed by atoms with Crippen LogP contribution in [0.25, 0.3) is 0 Å². The number of carbonyl (C=O) groups excluding carboxylic acids is 4. The molecule has 0 radical (unpaired) electrons. The SMILES string of the molecule is CC(C)OCC1C[C@@H](OC(C)C)CN1C(=O)CCCC(=O)C(C)C.CC(C)OC[C@@H]1C[C@@H](OC(C)C)CN1C(=O)CCCC(=O)C(C)C. The van der Waals surface area contributed by atoms with E-state index in [0.29, 0.717) is 64.8 Å². The number of likely N-dealkylation sites (tertiary alicyclic amines) is 2. The zero-order valence-corrected chi connectivity index (χ0v) is 32.4. The average molecular weight is 683 g/mol. The minimum Gasteiger partial charge on any atom is -0.377 e. The number of carbonyl (C=O) groups is 4. The summed E-state index contributed by atoms with van der Waals surface area (Å²) in [5.74, 6) is 0.762. The van der Waals surface area contributed by atoms with Gasteiger partial charge in [-0.3, -0.25) is 19.2 Å². The molecular weight excluding hydrogens is 612 g/mol. The second kappa shape index (κ2) is 22.8. The normalized spacial score (nSPS) is 21.3. The van der Waals surface area contributed by atoms with Crippen molar-refractivity contribution in [3.05, 3.63) is 0 Å². The van der Waals surface area contributed by atoms with Crippen LogP contribution in [0.1, 0.15) is 134 Å². The quantitative estimate of drug-likeness (QED) is 0.145. The minimum absolute atomic E-state index is 0.0444.